The largest absolute Gasteiger partial charge is 0.337 e. The summed E-state index contributed by atoms with van der Waals surface area (Å²) in [5.74, 6) is -0.0267. The molecule has 0 unspecified atom stereocenters. The molecule has 0 aromatic heterocycles. The van der Waals surface area contributed by atoms with Gasteiger partial charge in [0.1, 0.15) is 5.82 Å². The van der Waals surface area contributed by atoms with Crippen LogP contribution in [0.4, 0.5) is 4.39 Å². The van der Waals surface area contributed by atoms with Crippen LogP contribution < -0.4 is 0 Å². The van der Waals surface area contributed by atoms with Crippen LogP contribution in [0.1, 0.15) is 35.6 Å². The molecule has 25 heavy (non-hydrogen) atoms. The molecule has 0 radical (unpaired) electrons. The first-order valence-electron chi connectivity index (χ1n) is 9.05. The topological polar surface area (TPSA) is 23.6 Å². The monoisotopic (exact) mass is 338 g/mol. The maximum atomic E-state index is 13.5. The summed E-state index contributed by atoms with van der Waals surface area (Å²) in [7, 11) is 0. The van der Waals surface area contributed by atoms with E-state index < -0.39 is 0 Å². The summed E-state index contributed by atoms with van der Waals surface area (Å²) < 4.78 is 13.5. The number of likely N-dealkylation sites (tertiary alicyclic amines) is 1. The maximum Gasteiger partial charge on any atom is 0.237 e. The third-order valence-corrected chi connectivity index (χ3v) is 5.42. The number of carbonyl (C=O) groups excluding carboxylic acids is 1. The lowest BCUT2D eigenvalue weighted by molar-refractivity contribution is -0.133. The predicted molar refractivity (Wildman–Crippen MR) is 95.5 cm³/mol. The second-order valence-electron chi connectivity index (χ2n) is 7.02. The van der Waals surface area contributed by atoms with Crippen molar-refractivity contribution in [3.05, 3.63) is 71.0 Å². The standard InChI is InChI=1S/C21H23FN2O/c22-19-8-3-7-17(13-19)20-9-4-11-23(20)15-21(25)24-12-10-16-5-1-2-6-18(16)14-24/h1-3,5-8,13,20H,4,9-12,14-15H2/t20-/m0/s1. The van der Waals surface area contributed by atoms with E-state index in [1.165, 1.54) is 17.2 Å². The van der Waals surface area contributed by atoms with Crippen molar-refractivity contribution in [2.75, 3.05) is 19.6 Å². The van der Waals surface area contributed by atoms with Crippen molar-refractivity contribution in [1.29, 1.82) is 0 Å². The molecule has 1 fully saturated rings. The molecule has 0 N–H and O–H groups in total. The van der Waals surface area contributed by atoms with Crippen LogP contribution in [0.5, 0.6) is 0 Å². The van der Waals surface area contributed by atoms with Crippen molar-refractivity contribution in [1.82, 2.24) is 9.80 Å². The van der Waals surface area contributed by atoms with Crippen molar-refractivity contribution < 1.29 is 9.18 Å². The number of hydrogen-bond acceptors (Lipinski definition) is 2. The molecule has 4 heteroatoms. The highest BCUT2D eigenvalue weighted by atomic mass is 19.1. The Hall–Kier alpha value is -2.20. The molecule has 2 aromatic rings. The van der Waals surface area contributed by atoms with Gasteiger partial charge in [-0.05, 0) is 54.6 Å². The summed E-state index contributed by atoms with van der Waals surface area (Å²) in [5, 5.41) is 0. The zero-order valence-electron chi connectivity index (χ0n) is 14.3. The number of benzene rings is 2. The smallest absolute Gasteiger partial charge is 0.237 e. The minimum absolute atomic E-state index is 0.150. The molecule has 2 aliphatic heterocycles. The molecule has 1 amide bonds. The van der Waals surface area contributed by atoms with E-state index in [9.17, 15) is 9.18 Å². The zero-order valence-corrected chi connectivity index (χ0v) is 14.3. The van der Waals surface area contributed by atoms with E-state index in [1.54, 1.807) is 12.1 Å². The van der Waals surface area contributed by atoms with E-state index >= 15 is 0 Å². The van der Waals surface area contributed by atoms with E-state index in [1.807, 2.05) is 17.0 Å². The van der Waals surface area contributed by atoms with Crippen LogP contribution in [0.15, 0.2) is 48.5 Å². The highest BCUT2D eigenvalue weighted by molar-refractivity contribution is 5.78. The lowest BCUT2D eigenvalue weighted by atomic mass is 10.00. The van der Waals surface area contributed by atoms with Gasteiger partial charge in [0.2, 0.25) is 5.91 Å². The van der Waals surface area contributed by atoms with Crippen molar-refractivity contribution in [2.24, 2.45) is 0 Å². The van der Waals surface area contributed by atoms with Gasteiger partial charge < -0.3 is 4.90 Å². The summed E-state index contributed by atoms with van der Waals surface area (Å²) in [6.07, 6.45) is 2.96. The van der Waals surface area contributed by atoms with Crippen molar-refractivity contribution in [2.45, 2.75) is 31.8 Å². The molecule has 130 valence electrons. The van der Waals surface area contributed by atoms with E-state index in [0.717, 1.165) is 37.9 Å². The summed E-state index contributed by atoms with van der Waals surface area (Å²) in [6.45, 7) is 2.81. The van der Waals surface area contributed by atoms with Crippen LogP contribution >= 0.6 is 0 Å². The Morgan fingerprint density at radius 3 is 2.76 bits per heavy atom. The van der Waals surface area contributed by atoms with Gasteiger partial charge in [0.25, 0.3) is 0 Å². The molecule has 0 aliphatic carbocycles. The molecule has 0 bridgehead atoms. The number of amides is 1. The van der Waals surface area contributed by atoms with Crippen LogP contribution in [0.2, 0.25) is 0 Å². The number of fused-ring (bicyclic) bond motifs is 1. The lowest BCUT2D eigenvalue weighted by Gasteiger charge is -2.32. The second kappa shape index (κ2) is 6.96. The summed E-state index contributed by atoms with van der Waals surface area (Å²) in [5.41, 5.74) is 3.59. The van der Waals surface area contributed by atoms with Gasteiger partial charge in [0.15, 0.2) is 0 Å². The fourth-order valence-electron chi connectivity index (χ4n) is 4.09. The predicted octanol–water partition coefficient (Wildman–Crippen LogP) is 3.55. The molecule has 2 aromatic carbocycles. The van der Waals surface area contributed by atoms with Crippen LogP contribution in [0.3, 0.4) is 0 Å². The fourth-order valence-corrected chi connectivity index (χ4v) is 4.09. The molecule has 0 spiro atoms. The Bertz CT molecular complexity index is 776. The highest BCUT2D eigenvalue weighted by Gasteiger charge is 2.30. The quantitative estimate of drug-likeness (QED) is 0.854. The third-order valence-electron chi connectivity index (χ3n) is 5.42. The number of carbonyl (C=O) groups is 1. The Morgan fingerprint density at radius 2 is 1.92 bits per heavy atom. The minimum Gasteiger partial charge on any atom is -0.337 e. The van der Waals surface area contributed by atoms with Crippen LogP contribution in [-0.4, -0.2) is 35.3 Å². The van der Waals surface area contributed by atoms with Crippen molar-refractivity contribution >= 4 is 5.91 Å². The van der Waals surface area contributed by atoms with Gasteiger partial charge in [-0.15, -0.1) is 0 Å². The van der Waals surface area contributed by atoms with Gasteiger partial charge >= 0.3 is 0 Å². The van der Waals surface area contributed by atoms with Crippen molar-refractivity contribution in [3.63, 3.8) is 0 Å². The Morgan fingerprint density at radius 1 is 1.08 bits per heavy atom. The van der Waals surface area contributed by atoms with Crippen LogP contribution in [0, 0.1) is 5.82 Å². The second-order valence-corrected chi connectivity index (χ2v) is 7.02. The lowest BCUT2D eigenvalue weighted by Crippen LogP contribution is -2.42. The fraction of sp³-hybridized carbons (Fsp3) is 0.381. The Balaban J connectivity index is 1.44. The van der Waals surface area contributed by atoms with Gasteiger partial charge in [-0.2, -0.15) is 0 Å². The van der Waals surface area contributed by atoms with E-state index in [4.69, 9.17) is 0 Å². The summed E-state index contributed by atoms with van der Waals surface area (Å²) >= 11 is 0. The van der Waals surface area contributed by atoms with Gasteiger partial charge in [-0.3, -0.25) is 9.69 Å². The highest BCUT2D eigenvalue weighted by Crippen LogP contribution is 2.32. The normalized spacial score (nSPS) is 20.5. The first-order chi connectivity index (χ1) is 12.2. The Kier molecular flexibility index (Phi) is 4.53. The molecule has 4 rings (SSSR count). The van der Waals surface area contributed by atoms with E-state index in [-0.39, 0.29) is 17.8 Å². The first-order valence-corrected chi connectivity index (χ1v) is 9.05. The van der Waals surface area contributed by atoms with E-state index in [0.29, 0.717) is 13.1 Å². The third kappa shape index (κ3) is 3.45. The summed E-state index contributed by atoms with van der Waals surface area (Å²) in [4.78, 5) is 17.0. The molecule has 3 nitrogen and oxygen atoms in total. The average Bonchev–Trinajstić information content (AvgIpc) is 3.09. The number of halogens is 1. The molecule has 1 saturated heterocycles. The molecule has 2 aliphatic rings. The molecule has 0 saturated carbocycles. The molecular weight excluding hydrogens is 315 g/mol. The first kappa shape index (κ1) is 16.3. The number of hydrogen-bond donors (Lipinski definition) is 0. The average molecular weight is 338 g/mol. The zero-order chi connectivity index (χ0) is 17.2. The number of nitrogens with zero attached hydrogens (tertiary/aromatic N) is 2. The SMILES string of the molecule is O=C(CN1CCC[C@H]1c1cccc(F)c1)N1CCc2ccccc2C1. The van der Waals surface area contributed by atoms with E-state index in [2.05, 4.69) is 23.1 Å². The Labute approximate surface area is 148 Å². The van der Waals surface area contributed by atoms with Gasteiger partial charge in [0.05, 0.1) is 6.54 Å². The minimum atomic E-state index is -0.205. The van der Waals surface area contributed by atoms with Crippen LogP contribution in [0.25, 0.3) is 0 Å². The number of rotatable bonds is 3. The van der Waals surface area contributed by atoms with Gasteiger partial charge in [0, 0.05) is 19.1 Å². The van der Waals surface area contributed by atoms with Gasteiger partial charge in [-0.1, -0.05) is 36.4 Å². The van der Waals surface area contributed by atoms with Crippen molar-refractivity contribution in [3.8, 4) is 0 Å². The maximum absolute atomic E-state index is 13.5. The molecule has 1 atom stereocenters. The summed E-state index contributed by atoms with van der Waals surface area (Å²) in [6, 6.07) is 15.3. The molecule has 2 heterocycles. The molecular formula is C21H23FN2O. The van der Waals surface area contributed by atoms with Crippen LogP contribution in [-0.2, 0) is 17.8 Å². The van der Waals surface area contributed by atoms with Gasteiger partial charge in [-0.25, -0.2) is 4.39 Å².